The van der Waals surface area contributed by atoms with Crippen molar-refractivity contribution in [1.82, 2.24) is 4.57 Å². The molecule has 0 radical (unpaired) electrons. The Kier molecular flexibility index (Phi) is 4.84. The van der Waals surface area contributed by atoms with E-state index in [4.69, 9.17) is 13.9 Å². The van der Waals surface area contributed by atoms with Gasteiger partial charge in [0.25, 0.3) is 0 Å². The molecule has 1 fully saturated rings. The molecule has 0 amide bonds. The standard InChI is InChI=1S/C34H26N2O5/c1-33-14-15-34(41-33,16-17-39-21-11-13-28-25(18-21)24-8-4-5-9-27(24)40-28)30-29(33)31(37)36(32(30)38)26-12-10-20(19-35)22-6-2-3-7-23(22)26/h2-13,18,37-38H,14-17H2,1H3/t33-,34-/m0/s1. The molecule has 2 aliphatic rings. The highest BCUT2D eigenvalue weighted by Crippen LogP contribution is 2.65. The summed E-state index contributed by atoms with van der Waals surface area (Å²) in [5, 5.41) is 36.4. The van der Waals surface area contributed by atoms with E-state index in [9.17, 15) is 15.5 Å². The van der Waals surface area contributed by atoms with E-state index in [1.54, 1.807) is 12.1 Å². The van der Waals surface area contributed by atoms with Gasteiger partial charge < -0.3 is 24.1 Å². The van der Waals surface area contributed by atoms with Crippen LogP contribution in [-0.4, -0.2) is 21.4 Å². The maximum atomic E-state index is 11.7. The van der Waals surface area contributed by atoms with E-state index in [2.05, 4.69) is 6.07 Å². The Hall–Kier alpha value is -4.93. The Balaban J connectivity index is 1.15. The number of furan rings is 1. The number of aromatic nitrogens is 1. The highest BCUT2D eigenvalue weighted by molar-refractivity contribution is 6.05. The van der Waals surface area contributed by atoms with Crippen molar-refractivity contribution in [2.45, 2.75) is 37.4 Å². The van der Waals surface area contributed by atoms with Gasteiger partial charge in [-0.15, -0.1) is 0 Å². The van der Waals surface area contributed by atoms with Crippen LogP contribution in [0.1, 0.15) is 42.9 Å². The lowest BCUT2D eigenvalue weighted by Crippen LogP contribution is -2.25. The summed E-state index contributed by atoms with van der Waals surface area (Å²) >= 11 is 0. The summed E-state index contributed by atoms with van der Waals surface area (Å²) in [5.74, 6) is 0.657. The first kappa shape index (κ1) is 23.9. The van der Waals surface area contributed by atoms with Gasteiger partial charge in [-0.1, -0.05) is 42.5 Å². The van der Waals surface area contributed by atoms with Crippen LogP contribution in [0.4, 0.5) is 0 Å². The third-order valence-corrected chi connectivity index (χ3v) is 8.92. The summed E-state index contributed by atoms with van der Waals surface area (Å²) in [5.41, 5.74) is 2.53. The molecule has 41 heavy (non-hydrogen) atoms. The molecule has 8 rings (SSSR count). The predicted octanol–water partition coefficient (Wildman–Crippen LogP) is 7.52. The topological polar surface area (TPSA) is 101 Å². The van der Waals surface area contributed by atoms with E-state index in [0.717, 1.165) is 44.9 Å². The van der Waals surface area contributed by atoms with Crippen LogP contribution in [0.25, 0.3) is 38.4 Å². The zero-order valence-electron chi connectivity index (χ0n) is 22.3. The summed E-state index contributed by atoms with van der Waals surface area (Å²) in [4.78, 5) is 0. The zero-order valence-corrected chi connectivity index (χ0v) is 22.3. The normalized spacial score (nSPS) is 21.1. The van der Waals surface area contributed by atoms with Gasteiger partial charge in [0.05, 0.1) is 40.7 Å². The molecule has 2 N–H and O–H groups in total. The van der Waals surface area contributed by atoms with Crippen molar-refractivity contribution < 1.29 is 24.1 Å². The lowest BCUT2D eigenvalue weighted by molar-refractivity contribution is -0.0876. The molecular weight excluding hydrogens is 516 g/mol. The minimum atomic E-state index is -0.786. The monoisotopic (exact) mass is 542 g/mol. The summed E-state index contributed by atoms with van der Waals surface area (Å²) in [6.07, 6.45) is 1.93. The number of hydrogen-bond donors (Lipinski definition) is 2. The second kappa shape index (κ2) is 8.29. The van der Waals surface area contributed by atoms with Gasteiger partial charge in [0.2, 0.25) is 11.8 Å². The molecule has 0 saturated carbocycles. The lowest BCUT2D eigenvalue weighted by Gasteiger charge is -2.26. The summed E-state index contributed by atoms with van der Waals surface area (Å²) in [7, 11) is 0. The fourth-order valence-electron chi connectivity index (χ4n) is 7.04. The molecular formula is C34H26N2O5. The van der Waals surface area contributed by atoms with Crippen LogP contribution in [0.2, 0.25) is 0 Å². The Labute approximate surface area is 235 Å². The Bertz CT molecular complexity index is 2080. The minimum absolute atomic E-state index is 0.0327. The third kappa shape index (κ3) is 3.22. The van der Waals surface area contributed by atoms with Crippen LogP contribution < -0.4 is 4.74 Å². The van der Waals surface area contributed by atoms with E-state index in [0.29, 0.717) is 41.8 Å². The van der Waals surface area contributed by atoms with Gasteiger partial charge in [-0.25, -0.2) is 0 Å². The second-order valence-electron chi connectivity index (χ2n) is 11.2. The van der Waals surface area contributed by atoms with Crippen molar-refractivity contribution in [2.24, 2.45) is 0 Å². The number of rotatable bonds is 5. The van der Waals surface area contributed by atoms with Crippen LogP contribution in [0.15, 0.2) is 83.3 Å². The van der Waals surface area contributed by atoms with Crippen LogP contribution in [0.3, 0.4) is 0 Å². The van der Waals surface area contributed by atoms with Crippen LogP contribution in [0.5, 0.6) is 17.5 Å². The number of fused-ring (bicyclic) bond motifs is 9. The Morgan fingerprint density at radius 2 is 1.59 bits per heavy atom. The van der Waals surface area contributed by atoms with Gasteiger partial charge in [-0.05, 0) is 56.2 Å². The number of para-hydroxylation sites is 1. The predicted molar refractivity (Wildman–Crippen MR) is 155 cm³/mol. The largest absolute Gasteiger partial charge is 0.494 e. The quantitative estimate of drug-likeness (QED) is 0.234. The van der Waals surface area contributed by atoms with Gasteiger partial charge in [0.15, 0.2) is 0 Å². The maximum absolute atomic E-state index is 11.7. The van der Waals surface area contributed by atoms with Gasteiger partial charge >= 0.3 is 0 Å². The molecule has 7 nitrogen and oxygen atoms in total. The molecule has 0 spiro atoms. The molecule has 7 heteroatoms. The first-order chi connectivity index (χ1) is 19.9. The van der Waals surface area contributed by atoms with E-state index in [1.165, 1.54) is 4.57 Å². The van der Waals surface area contributed by atoms with Crippen LogP contribution >= 0.6 is 0 Å². The molecule has 4 aromatic carbocycles. The SMILES string of the molecule is C[C@@]12CC[C@@](CCOc3ccc4oc5ccccc5c4c3)(O1)c1c2c(O)n(-c2ccc(C#N)c3ccccc23)c1O. The van der Waals surface area contributed by atoms with Crippen LogP contribution in [-0.2, 0) is 15.9 Å². The van der Waals surface area contributed by atoms with E-state index < -0.39 is 11.2 Å². The average molecular weight is 543 g/mol. The van der Waals surface area contributed by atoms with Gasteiger partial charge in [0, 0.05) is 28.0 Å². The van der Waals surface area contributed by atoms with Crippen molar-refractivity contribution in [1.29, 1.82) is 5.26 Å². The molecule has 2 aliphatic heterocycles. The summed E-state index contributed by atoms with van der Waals surface area (Å²) in [6, 6.07) is 27.0. The van der Waals surface area contributed by atoms with Crippen molar-refractivity contribution >= 4 is 32.7 Å². The average Bonchev–Trinajstić information content (AvgIpc) is 3.68. The molecule has 0 unspecified atom stereocenters. The second-order valence-corrected chi connectivity index (χ2v) is 11.2. The molecule has 2 bridgehead atoms. The van der Waals surface area contributed by atoms with Gasteiger partial charge in [0.1, 0.15) is 22.5 Å². The highest BCUT2D eigenvalue weighted by Gasteiger charge is 2.61. The summed E-state index contributed by atoms with van der Waals surface area (Å²) in [6.45, 7) is 2.34. The smallest absolute Gasteiger partial charge is 0.205 e. The Morgan fingerprint density at radius 3 is 2.41 bits per heavy atom. The summed E-state index contributed by atoms with van der Waals surface area (Å²) < 4.78 is 20.3. The number of benzene rings is 4. The first-order valence-electron chi connectivity index (χ1n) is 13.8. The van der Waals surface area contributed by atoms with Crippen molar-refractivity contribution in [3.63, 3.8) is 0 Å². The number of hydrogen-bond acceptors (Lipinski definition) is 6. The number of ether oxygens (including phenoxy) is 2. The van der Waals surface area contributed by atoms with E-state index in [1.807, 2.05) is 73.7 Å². The van der Waals surface area contributed by atoms with Crippen molar-refractivity contribution in [2.75, 3.05) is 6.61 Å². The van der Waals surface area contributed by atoms with Gasteiger partial charge in [-0.2, -0.15) is 5.26 Å². The maximum Gasteiger partial charge on any atom is 0.205 e. The minimum Gasteiger partial charge on any atom is -0.494 e. The number of nitrogens with zero attached hydrogens (tertiary/aromatic N) is 2. The number of nitriles is 1. The molecule has 6 aromatic rings. The Morgan fingerprint density at radius 1 is 0.854 bits per heavy atom. The lowest BCUT2D eigenvalue weighted by atomic mass is 9.78. The van der Waals surface area contributed by atoms with Crippen molar-refractivity contribution in [3.05, 3.63) is 95.6 Å². The fourth-order valence-corrected chi connectivity index (χ4v) is 7.04. The molecule has 1 saturated heterocycles. The number of aromatic hydroxyl groups is 2. The van der Waals surface area contributed by atoms with Crippen molar-refractivity contribution in [3.8, 4) is 29.3 Å². The zero-order chi connectivity index (χ0) is 27.9. The third-order valence-electron chi connectivity index (χ3n) is 8.92. The molecule has 4 heterocycles. The van der Waals surface area contributed by atoms with E-state index in [-0.39, 0.29) is 11.8 Å². The molecule has 2 aromatic heterocycles. The van der Waals surface area contributed by atoms with Crippen LogP contribution in [0, 0.1) is 11.3 Å². The van der Waals surface area contributed by atoms with Gasteiger partial charge in [-0.3, -0.25) is 4.57 Å². The fraction of sp³-hybridized carbons (Fsp3) is 0.206. The highest BCUT2D eigenvalue weighted by atomic mass is 16.5. The molecule has 0 aliphatic carbocycles. The molecule has 202 valence electrons. The first-order valence-corrected chi connectivity index (χ1v) is 13.8. The van der Waals surface area contributed by atoms with E-state index >= 15 is 0 Å². The molecule has 2 atom stereocenters.